The number of benzene rings is 1. The average Bonchev–Trinajstić information content (AvgIpc) is 3.16. The Hall–Kier alpha value is -2.86. The summed E-state index contributed by atoms with van der Waals surface area (Å²) in [5.74, 6) is -0.617. The van der Waals surface area contributed by atoms with Crippen molar-refractivity contribution in [3.63, 3.8) is 0 Å². The molecule has 4 nitrogen and oxygen atoms in total. The second-order valence-corrected chi connectivity index (χ2v) is 6.83. The van der Waals surface area contributed by atoms with Crippen molar-refractivity contribution in [2.24, 2.45) is 0 Å². The van der Waals surface area contributed by atoms with Crippen molar-refractivity contribution < 1.29 is 9.18 Å². The van der Waals surface area contributed by atoms with E-state index in [2.05, 4.69) is 21.9 Å². The molecular formula is C21H20FN3OS. The van der Waals surface area contributed by atoms with Crippen LogP contribution in [-0.2, 0) is 17.6 Å². The Balaban J connectivity index is 1.57. The van der Waals surface area contributed by atoms with Gasteiger partial charge in [-0.05, 0) is 78.1 Å². The highest BCUT2D eigenvalue weighted by molar-refractivity contribution is 7.80. The Kier molecular flexibility index (Phi) is 6.08. The van der Waals surface area contributed by atoms with Crippen molar-refractivity contribution in [1.82, 2.24) is 9.97 Å². The first-order valence-electron chi connectivity index (χ1n) is 8.71. The van der Waals surface area contributed by atoms with Crippen molar-refractivity contribution in [3.05, 3.63) is 72.3 Å². The predicted molar refractivity (Wildman–Crippen MR) is 111 cm³/mol. The summed E-state index contributed by atoms with van der Waals surface area (Å²) in [5, 5.41) is 3.75. The molecule has 138 valence electrons. The van der Waals surface area contributed by atoms with Gasteiger partial charge in [-0.25, -0.2) is 9.37 Å². The second-order valence-electron chi connectivity index (χ2n) is 6.25. The first kappa shape index (κ1) is 18.9. The first-order chi connectivity index (χ1) is 13.1. The van der Waals surface area contributed by atoms with Crippen molar-refractivity contribution in [1.29, 1.82) is 0 Å². The summed E-state index contributed by atoms with van der Waals surface area (Å²) in [6, 6.07) is 8.55. The first-order valence-corrected chi connectivity index (χ1v) is 9.12. The monoisotopic (exact) mass is 381 g/mol. The zero-order valence-electron chi connectivity index (χ0n) is 14.8. The number of aryl methyl sites for hydroxylation is 2. The van der Waals surface area contributed by atoms with Gasteiger partial charge in [-0.15, -0.1) is 0 Å². The highest BCUT2D eigenvalue weighted by Gasteiger charge is 2.08. The highest BCUT2D eigenvalue weighted by Crippen LogP contribution is 2.19. The molecule has 3 rings (SSSR count). The maximum Gasteiger partial charge on any atom is 0.247 e. The summed E-state index contributed by atoms with van der Waals surface area (Å²) in [7, 11) is 0. The van der Waals surface area contributed by atoms with E-state index >= 15 is 0 Å². The molecule has 0 aliphatic heterocycles. The zero-order valence-corrected chi connectivity index (χ0v) is 15.6. The summed E-state index contributed by atoms with van der Waals surface area (Å²) in [6.07, 6.45) is 7.54. The number of hydrogen-bond acceptors (Lipinski definition) is 3. The Labute approximate surface area is 162 Å². The number of nitrogens with one attached hydrogen (secondary N) is 2. The molecular weight excluding hydrogens is 361 g/mol. The third-order valence-corrected chi connectivity index (χ3v) is 4.80. The smallest absolute Gasteiger partial charge is 0.247 e. The summed E-state index contributed by atoms with van der Waals surface area (Å²) in [4.78, 5) is 19.7. The van der Waals surface area contributed by atoms with Gasteiger partial charge in [0.15, 0.2) is 0 Å². The normalized spacial score (nSPS) is 10.7. The summed E-state index contributed by atoms with van der Waals surface area (Å²) < 4.78 is 14.0. The summed E-state index contributed by atoms with van der Waals surface area (Å²) in [5.41, 5.74) is 3.16. The van der Waals surface area contributed by atoms with Crippen LogP contribution in [0.3, 0.4) is 0 Å². The zero-order chi connectivity index (χ0) is 19.2. The van der Waals surface area contributed by atoms with Gasteiger partial charge >= 0.3 is 0 Å². The van der Waals surface area contributed by atoms with Crippen LogP contribution >= 0.6 is 12.2 Å². The maximum absolute atomic E-state index is 14.0. The molecule has 27 heavy (non-hydrogen) atoms. The molecule has 0 saturated heterocycles. The number of H-pyrrole nitrogens is 1. The van der Waals surface area contributed by atoms with Gasteiger partial charge in [0, 0.05) is 23.5 Å². The van der Waals surface area contributed by atoms with Gasteiger partial charge in [0.05, 0.1) is 0 Å². The van der Waals surface area contributed by atoms with E-state index in [1.807, 2.05) is 18.3 Å². The van der Waals surface area contributed by atoms with Crippen molar-refractivity contribution in [2.75, 3.05) is 5.32 Å². The van der Waals surface area contributed by atoms with E-state index in [0.29, 0.717) is 24.1 Å². The van der Waals surface area contributed by atoms with E-state index in [1.165, 1.54) is 23.8 Å². The Bertz CT molecular complexity index is 996. The largest absolute Gasteiger partial charge is 0.346 e. The van der Waals surface area contributed by atoms with Crippen LogP contribution in [0.15, 0.2) is 55.4 Å². The third kappa shape index (κ3) is 4.86. The van der Waals surface area contributed by atoms with Gasteiger partial charge in [0.2, 0.25) is 5.91 Å². The van der Waals surface area contributed by atoms with Crippen LogP contribution in [-0.4, -0.2) is 20.7 Å². The molecule has 1 amide bonds. The van der Waals surface area contributed by atoms with E-state index in [0.717, 1.165) is 28.7 Å². The lowest BCUT2D eigenvalue weighted by Crippen LogP contribution is -2.08. The van der Waals surface area contributed by atoms with Crippen LogP contribution in [0.1, 0.15) is 24.0 Å². The van der Waals surface area contributed by atoms with Gasteiger partial charge in [0.25, 0.3) is 0 Å². The standard InChI is InChI=1S/C21H20FN3OS/c1-2-20(26)25-16-5-8-19(22)15(13-16)4-7-17(27)6-3-14-9-11-23-21-18(14)10-12-24-21/h2,5,8-13H,1,3-4,6-7H2,(H,23,24)(H,25,26). The van der Waals surface area contributed by atoms with Crippen LogP contribution in [0.4, 0.5) is 10.1 Å². The van der Waals surface area contributed by atoms with Crippen LogP contribution in [0.2, 0.25) is 0 Å². The minimum atomic E-state index is -0.323. The molecule has 0 aliphatic carbocycles. The molecule has 2 heterocycles. The molecule has 0 atom stereocenters. The summed E-state index contributed by atoms with van der Waals surface area (Å²) in [6.45, 7) is 3.41. The molecule has 1 aromatic carbocycles. The van der Waals surface area contributed by atoms with E-state index in [4.69, 9.17) is 12.2 Å². The fraction of sp³-hybridized carbons (Fsp3) is 0.190. The molecule has 0 aliphatic rings. The van der Waals surface area contributed by atoms with Gasteiger partial charge in [-0.1, -0.05) is 18.8 Å². The third-order valence-electron chi connectivity index (χ3n) is 4.40. The predicted octanol–water partition coefficient (Wildman–Crippen LogP) is 4.76. The molecule has 0 bridgehead atoms. The number of aromatic nitrogens is 2. The molecule has 6 heteroatoms. The minimum Gasteiger partial charge on any atom is -0.346 e. The lowest BCUT2D eigenvalue weighted by Gasteiger charge is -2.09. The number of rotatable bonds is 8. The number of fused-ring (bicyclic) bond motifs is 1. The summed E-state index contributed by atoms with van der Waals surface area (Å²) >= 11 is 5.49. The molecule has 2 N–H and O–H groups in total. The van der Waals surface area contributed by atoms with Crippen LogP contribution in [0.25, 0.3) is 11.0 Å². The molecule has 2 aromatic heterocycles. The number of anilines is 1. The Morgan fingerprint density at radius 3 is 2.78 bits per heavy atom. The minimum absolute atomic E-state index is 0.294. The van der Waals surface area contributed by atoms with Gasteiger partial charge in [-0.2, -0.15) is 0 Å². The molecule has 0 spiro atoms. The van der Waals surface area contributed by atoms with Gasteiger partial charge in [0.1, 0.15) is 11.5 Å². The van der Waals surface area contributed by atoms with Crippen LogP contribution in [0.5, 0.6) is 0 Å². The van der Waals surface area contributed by atoms with E-state index < -0.39 is 0 Å². The lowest BCUT2D eigenvalue weighted by atomic mass is 10.0. The van der Waals surface area contributed by atoms with Gasteiger partial charge < -0.3 is 10.3 Å². The number of halogens is 1. The number of nitrogens with zero attached hydrogens (tertiary/aromatic N) is 1. The van der Waals surface area contributed by atoms with Crippen molar-refractivity contribution >= 4 is 39.7 Å². The van der Waals surface area contributed by atoms with E-state index in [-0.39, 0.29) is 11.7 Å². The van der Waals surface area contributed by atoms with E-state index in [9.17, 15) is 9.18 Å². The highest BCUT2D eigenvalue weighted by atomic mass is 32.1. The Morgan fingerprint density at radius 1 is 1.22 bits per heavy atom. The van der Waals surface area contributed by atoms with Gasteiger partial charge in [-0.3, -0.25) is 4.79 Å². The van der Waals surface area contributed by atoms with Crippen LogP contribution in [0, 0.1) is 5.82 Å². The number of pyridine rings is 1. The fourth-order valence-electron chi connectivity index (χ4n) is 2.95. The quantitative estimate of drug-likeness (QED) is 0.437. The average molecular weight is 381 g/mol. The van der Waals surface area contributed by atoms with Crippen molar-refractivity contribution in [2.45, 2.75) is 25.7 Å². The molecule has 3 aromatic rings. The number of carbonyl (C=O) groups excluding carboxylic acids is 1. The number of carbonyl (C=O) groups is 1. The lowest BCUT2D eigenvalue weighted by molar-refractivity contribution is -0.111. The Morgan fingerprint density at radius 2 is 2.00 bits per heavy atom. The van der Waals surface area contributed by atoms with E-state index in [1.54, 1.807) is 12.3 Å². The molecule has 0 radical (unpaired) electrons. The number of aromatic amines is 1. The SMILES string of the molecule is C=CC(=O)Nc1ccc(F)c(CCC(=S)CCc2ccnc3[nH]ccc23)c1. The number of thiocarbonyl (C=S) groups is 1. The number of hydrogen-bond donors (Lipinski definition) is 2. The maximum atomic E-state index is 14.0. The molecule has 0 unspecified atom stereocenters. The van der Waals surface area contributed by atoms with Crippen molar-refractivity contribution in [3.8, 4) is 0 Å². The molecule has 0 saturated carbocycles. The molecule has 0 fully saturated rings. The second kappa shape index (κ2) is 8.68. The topological polar surface area (TPSA) is 57.8 Å². The van der Waals surface area contributed by atoms with Crippen LogP contribution < -0.4 is 5.32 Å². The number of amides is 1. The fourth-order valence-corrected chi connectivity index (χ4v) is 3.15.